The molecule has 0 aliphatic rings. The van der Waals surface area contributed by atoms with E-state index in [-0.39, 0.29) is 12.6 Å². The van der Waals surface area contributed by atoms with E-state index in [0.29, 0.717) is 6.61 Å². The van der Waals surface area contributed by atoms with Crippen LogP contribution in [0.15, 0.2) is 0 Å². The van der Waals surface area contributed by atoms with E-state index in [1.807, 2.05) is 6.92 Å². The molecule has 0 bridgehead atoms. The average Bonchev–Trinajstić information content (AvgIpc) is 2.25. The number of carbonyl (C=O) groups excluding carboxylic acids is 2. The highest BCUT2D eigenvalue weighted by atomic mass is 31.2. The van der Waals surface area contributed by atoms with E-state index in [1.54, 1.807) is 0 Å². The van der Waals surface area contributed by atoms with Crippen molar-refractivity contribution in [1.29, 1.82) is 0 Å². The van der Waals surface area contributed by atoms with Crippen LogP contribution >= 0.6 is 7.37 Å². The summed E-state index contributed by atoms with van der Waals surface area (Å²) in [5.74, 6) is -1.10. The van der Waals surface area contributed by atoms with Crippen molar-refractivity contribution in [1.82, 2.24) is 0 Å². The molecule has 0 aromatic carbocycles. The fourth-order valence-electron chi connectivity index (χ4n) is 1.32. The Labute approximate surface area is 114 Å². The third-order valence-corrected chi connectivity index (χ3v) is 4.03. The van der Waals surface area contributed by atoms with Gasteiger partial charge in [-0.2, -0.15) is 0 Å². The van der Waals surface area contributed by atoms with Gasteiger partial charge in [0.15, 0.2) is 7.37 Å². The maximum Gasteiger partial charge on any atom is 0.305 e. The van der Waals surface area contributed by atoms with Crippen LogP contribution in [0, 0.1) is 0 Å². The van der Waals surface area contributed by atoms with E-state index in [1.165, 1.54) is 20.5 Å². The first-order valence-corrected chi connectivity index (χ1v) is 8.58. The summed E-state index contributed by atoms with van der Waals surface area (Å²) in [5.41, 5.74) is 0. The number of hydrogen-bond donors (Lipinski definition) is 0. The zero-order valence-corrected chi connectivity index (χ0v) is 12.9. The van der Waals surface area contributed by atoms with Gasteiger partial charge in [-0.25, -0.2) is 0 Å². The van der Waals surface area contributed by atoms with Crippen LogP contribution in [-0.4, -0.2) is 37.7 Å². The maximum absolute atomic E-state index is 12.1. The second-order valence-corrected chi connectivity index (χ2v) is 7.10. The summed E-state index contributed by atoms with van der Waals surface area (Å²) in [6.07, 6.45) is 1.16. The molecular weight excluding hydrogens is 271 g/mol. The molecule has 0 aromatic heterocycles. The Morgan fingerprint density at radius 2 is 1.68 bits per heavy atom. The van der Waals surface area contributed by atoms with Gasteiger partial charge in [0.1, 0.15) is 0 Å². The summed E-state index contributed by atoms with van der Waals surface area (Å²) in [4.78, 5) is 21.7. The highest BCUT2D eigenvalue weighted by Crippen LogP contribution is 2.43. The van der Waals surface area contributed by atoms with Crippen LogP contribution < -0.4 is 0 Å². The van der Waals surface area contributed by atoms with Crippen molar-refractivity contribution in [2.75, 3.05) is 19.4 Å². The maximum atomic E-state index is 12.1. The smallest absolute Gasteiger partial charge is 0.305 e. The normalized spacial score (nSPS) is 13.9. The van der Waals surface area contributed by atoms with Crippen LogP contribution in [0.2, 0.25) is 0 Å². The fraction of sp³-hybridized carbons (Fsp3) is 0.833. The fourth-order valence-corrected chi connectivity index (χ4v) is 2.64. The lowest BCUT2D eigenvalue weighted by atomic mass is 10.4. The molecule has 0 fully saturated rings. The molecule has 0 aliphatic heterocycles. The first-order chi connectivity index (χ1) is 8.76. The predicted molar refractivity (Wildman–Crippen MR) is 71.2 cm³/mol. The van der Waals surface area contributed by atoms with Gasteiger partial charge in [0.05, 0.1) is 6.61 Å². The van der Waals surface area contributed by atoms with Gasteiger partial charge in [-0.3, -0.25) is 14.2 Å². The lowest BCUT2D eigenvalue weighted by Gasteiger charge is -2.19. The number of hydrogen-bond acceptors (Lipinski definition) is 6. The summed E-state index contributed by atoms with van der Waals surface area (Å²) in [7, 11) is -2.75. The molecule has 0 amide bonds. The zero-order valence-electron chi connectivity index (χ0n) is 12.0. The molecule has 0 aromatic rings. The SMILES string of the molecule is CCCCOP(C)(=O)CCC(OC(C)=O)OC(C)=O. The van der Waals surface area contributed by atoms with E-state index in [0.717, 1.165) is 12.8 Å². The summed E-state index contributed by atoms with van der Waals surface area (Å²) >= 11 is 0. The van der Waals surface area contributed by atoms with Crippen LogP contribution in [0.4, 0.5) is 0 Å². The largest absolute Gasteiger partial charge is 0.425 e. The van der Waals surface area contributed by atoms with Crippen LogP contribution in [0.25, 0.3) is 0 Å². The van der Waals surface area contributed by atoms with Crippen LogP contribution in [0.1, 0.15) is 40.0 Å². The minimum atomic E-state index is -2.75. The molecule has 1 unspecified atom stereocenters. The van der Waals surface area contributed by atoms with E-state index in [2.05, 4.69) is 0 Å². The Bertz CT molecular complexity index is 325. The molecule has 0 saturated heterocycles. The number of esters is 2. The van der Waals surface area contributed by atoms with Crippen molar-refractivity contribution < 1.29 is 28.2 Å². The summed E-state index contributed by atoms with van der Waals surface area (Å²) in [6, 6.07) is 0. The lowest BCUT2D eigenvalue weighted by molar-refractivity contribution is -0.184. The van der Waals surface area contributed by atoms with E-state index in [4.69, 9.17) is 14.0 Å². The van der Waals surface area contributed by atoms with Crippen molar-refractivity contribution in [3.05, 3.63) is 0 Å². The number of ether oxygens (including phenoxy) is 2. The van der Waals surface area contributed by atoms with Crippen LogP contribution in [-0.2, 0) is 28.2 Å². The molecule has 7 heteroatoms. The lowest BCUT2D eigenvalue weighted by Crippen LogP contribution is -2.23. The summed E-state index contributed by atoms with van der Waals surface area (Å²) in [6.45, 7) is 6.43. The molecule has 0 aliphatic carbocycles. The van der Waals surface area contributed by atoms with Crippen LogP contribution in [0.5, 0.6) is 0 Å². The van der Waals surface area contributed by atoms with Gasteiger partial charge in [0, 0.05) is 33.1 Å². The van der Waals surface area contributed by atoms with E-state index < -0.39 is 25.6 Å². The second kappa shape index (κ2) is 9.10. The van der Waals surface area contributed by atoms with Crippen molar-refractivity contribution in [3.63, 3.8) is 0 Å². The van der Waals surface area contributed by atoms with Crippen molar-refractivity contribution in [2.24, 2.45) is 0 Å². The zero-order chi connectivity index (χ0) is 14.9. The molecule has 112 valence electrons. The van der Waals surface area contributed by atoms with Crippen molar-refractivity contribution >= 4 is 19.3 Å². The van der Waals surface area contributed by atoms with Gasteiger partial charge in [-0.1, -0.05) is 13.3 Å². The monoisotopic (exact) mass is 294 g/mol. The van der Waals surface area contributed by atoms with Crippen LogP contribution in [0.3, 0.4) is 0 Å². The molecule has 0 N–H and O–H groups in total. The molecule has 0 saturated carbocycles. The van der Waals surface area contributed by atoms with Crippen molar-refractivity contribution in [3.8, 4) is 0 Å². The van der Waals surface area contributed by atoms with Gasteiger partial charge in [0.2, 0.25) is 6.29 Å². The first kappa shape index (κ1) is 18.1. The minimum Gasteiger partial charge on any atom is -0.425 e. The Kier molecular flexibility index (Phi) is 8.68. The third kappa shape index (κ3) is 10.7. The number of unbranched alkanes of at least 4 members (excludes halogenated alkanes) is 1. The molecule has 19 heavy (non-hydrogen) atoms. The van der Waals surface area contributed by atoms with Gasteiger partial charge >= 0.3 is 11.9 Å². The van der Waals surface area contributed by atoms with Gasteiger partial charge in [-0.15, -0.1) is 0 Å². The molecule has 0 radical (unpaired) electrons. The minimum absolute atomic E-state index is 0.166. The molecule has 0 rings (SSSR count). The average molecular weight is 294 g/mol. The topological polar surface area (TPSA) is 78.9 Å². The quantitative estimate of drug-likeness (QED) is 0.281. The Morgan fingerprint density at radius 3 is 2.11 bits per heavy atom. The van der Waals surface area contributed by atoms with Gasteiger partial charge < -0.3 is 14.0 Å². The van der Waals surface area contributed by atoms with Crippen molar-refractivity contribution in [2.45, 2.75) is 46.3 Å². The number of carbonyl (C=O) groups is 2. The van der Waals surface area contributed by atoms with Gasteiger partial charge in [-0.05, 0) is 6.42 Å². The predicted octanol–water partition coefficient (Wildman–Crippen LogP) is 2.55. The molecule has 6 nitrogen and oxygen atoms in total. The second-order valence-electron chi connectivity index (χ2n) is 4.36. The van der Waals surface area contributed by atoms with E-state index in [9.17, 15) is 14.2 Å². The molecule has 0 heterocycles. The first-order valence-electron chi connectivity index (χ1n) is 6.32. The highest BCUT2D eigenvalue weighted by Gasteiger charge is 2.22. The highest BCUT2D eigenvalue weighted by molar-refractivity contribution is 7.58. The van der Waals surface area contributed by atoms with E-state index >= 15 is 0 Å². The Morgan fingerprint density at radius 1 is 1.16 bits per heavy atom. The van der Waals surface area contributed by atoms with Gasteiger partial charge in [0.25, 0.3) is 0 Å². The Hall–Kier alpha value is -0.870. The standard InChI is InChI=1S/C12H23O6P/c1-5-6-8-16-19(4,15)9-7-12(17-10(2)13)18-11(3)14/h12H,5-9H2,1-4H3. The number of rotatable bonds is 9. The molecule has 1 atom stereocenters. The molecular formula is C12H23O6P. The third-order valence-electron chi connectivity index (χ3n) is 2.23. The molecule has 0 spiro atoms. The summed E-state index contributed by atoms with van der Waals surface area (Å²) < 4.78 is 27.0. The summed E-state index contributed by atoms with van der Waals surface area (Å²) in [5, 5.41) is 0. The Balaban J connectivity index is 4.23.